The maximum Gasteiger partial charge on any atom is 0.200 e. The normalized spacial score (nSPS) is 16.6. The van der Waals surface area contributed by atoms with Gasteiger partial charge < -0.3 is 20.4 Å². The smallest absolute Gasteiger partial charge is 0.200 e. The number of carbonyl (C=O) groups is 3. The molecule has 4 unspecified atom stereocenters. The number of ketones is 3. The van der Waals surface area contributed by atoms with Crippen LogP contribution in [0.1, 0.15) is 27.6 Å². The van der Waals surface area contributed by atoms with Crippen molar-refractivity contribution in [2.45, 2.75) is 30.8 Å². The highest BCUT2D eigenvalue weighted by molar-refractivity contribution is 6.08. The van der Waals surface area contributed by atoms with Crippen LogP contribution in [0.15, 0.2) is 60.7 Å². The lowest BCUT2D eigenvalue weighted by atomic mass is 9.78. The summed E-state index contributed by atoms with van der Waals surface area (Å²) in [6, 6.07) is 14.6. The molecule has 142 valence electrons. The molecule has 2 rings (SSSR count). The zero-order valence-electron chi connectivity index (χ0n) is 14.5. The fourth-order valence-corrected chi connectivity index (χ4v) is 2.71. The molecular formula is C20H20O7. The molecule has 0 fully saturated rings. The van der Waals surface area contributed by atoms with Gasteiger partial charge in [0, 0.05) is 11.1 Å². The zero-order chi connectivity index (χ0) is 20.2. The molecule has 7 heteroatoms. The average Bonchev–Trinajstić information content (AvgIpc) is 2.71. The second-order valence-electron chi connectivity index (χ2n) is 6.15. The number of rotatable bonds is 8. The number of carbonyl (C=O) groups excluding carboxylic acids is 3. The standard InChI is InChI=1S/C20H20O7/c1-12(21)17(24)20(27,18(25)14-10-6-3-7-11-14)19(26)16(23)15(22)13-8-4-2-5-9-13/h2-11,16-17,19,23-24,26-27H,1H3. The summed E-state index contributed by atoms with van der Waals surface area (Å²) >= 11 is 0. The van der Waals surface area contributed by atoms with E-state index in [0.29, 0.717) is 0 Å². The predicted octanol–water partition coefficient (Wildman–Crippen LogP) is 0.155. The van der Waals surface area contributed by atoms with Gasteiger partial charge in [-0.25, -0.2) is 0 Å². The van der Waals surface area contributed by atoms with Crippen molar-refractivity contribution in [1.29, 1.82) is 0 Å². The topological polar surface area (TPSA) is 132 Å². The molecule has 0 saturated heterocycles. The Morgan fingerprint density at radius 2 is 1.26 bits per heavy atom. The highest BCUT2D eigenvalue weighted by Crippen LogP contribution is 2.26. The Labute approximate surface area is 155 Å². The number of aliphatic hydroxyl groups excluding tert-OH is 3. The molecule has 0 aromatic heterocycles. The minimum absolute atomic E-state index is 0.0240. The summed E-state index contributed by atoms with van der Waals surface area (Å²) in [6.45, 7) is 0.909. The molecule has 0 saturated carbocycles. The number of hydrogen-bond acceptors (Lipinski definition) is 7. The lowest BCUT2D eigenvalue weighted by molar-refractivity contribution is -0.159. The van der Waals surface area contributed by atoms with Gasteiger partial charge in [-0.2, -0.15) is 0 Å². The predicted molar refractivity (Wildman–Crippen MR) is 95.2 cm³/mol. The Morgan fingerprint density at radius 3 is 1.70 bits per heavy atom. The van der Waals surface area contributed by atoms with Gasteiger partial charge in [-0.3, -0.25) is 14.4 Å². The molecule has 0 amide bonds. The molecular weight excluding hydrogens is 352 g/mol. The van der Waals surface area contributed by atoms with Crippen LogP contribution in [0, 0.1) is 0 Å². The van der Waals surface area contributed by atoms with Gasteiger partial charge in [-0.1, -0.05) is 60.7 Å². The van der Waals surface area contributed by atoms with Gasteiger partial charge in [0.05, 0.1) is 0 Å². The molecule has 2 aromatic rings. The van der Waals surface area contributed by atoms with E-state index in [0.717, 1.165) is 6.92 Å². The summed E-state index contributed by atoms with van der Waals surface area (Å²) in [5.41, 5.74) is -3.20. The third-order valence-electron chi connectivity index (χ3n) is 4.28. The Kier molecular flexibility index (Phi) is 6.35. The van der Waals surface area contributed by atoms with Gasteiger partial charge in [0.2, 0.25) is 0 Å². The van der Waals surface area contributed by atoms with Crippen LogP contribution in [0.2, 0.25) is 0 Å². The highest BCUT2D eigenvalue weighted by atomic mass is 16.4. The third kappa shape index (κ3) is 4.01. The fraction of sp³-hybridized carbons (Fsp3) is 0.250. The van der Waals surface area contributed by atoms with E-state index in [2.05, 4.69) is 0 Å². The lowest BCUT2D eigenvalue weighted by Crippen LogP contribution is -2.64. The van der Waals surface area contributed by atoms with Crippen LogP contribution >= 0.6 is 0 Å². The van der Waals surface area contributed by atoms with Crippen molar-refractivity contribution in [1.82, 2.24) is 0 Å². The molecule has 0 spiro atoms. The van der Waals surface area contributed by atoms with E-state index in [1.54, 1.807) is 12.1 Å². The molecule has 2 aromatic carbocycles. The monoisotopic (exact) mass is 372 g/mol. The lowest BCUT2D eigenvalue weighted by Gasteiger charge is -2.36. The quantitative estimate of drug-likeness (QED) is 0.485. The first-order valence-corrected chi connectivity index (χ1v) is 8.17. The van der Waals surface area contributed by atoms with Gasteiger partial charge in [-0.05, 0) is 6.92 Å². The van der Waals surface area contributed by atoms with Gasteiger partial charge >= 0.3 is 0 Å². The summed E-state index contributed by atoms with van der Waals surface area (Å²) in [4.78, 5) is 36.8. The molecule has 0 bridgehead atoms. The third-order valence-corrected chi connectivity index (χ3v) is 4.28. The van der Waals surface area contributed by atoms with Crippen LogP contribution < -0.4 is 0 Å². The minimum atomic E-state index is -3.11. The van der Waals surface area contributed by atoms with Crippen molar-refractivity contribution >= 4 is 17.3 Å². The molecule has 7 nitrogen and oxygen atoms in total. The first kappa shape index (κ1) is 20.6. The molecule has 0 aliphatic rings. The summed E-state index contributed by atoms with van der Waals surface area (Å²) in [5, 5.41) is 41.7. The van der Waals surface area contributed by atoms with Crippen molar-refractivity contribution in [2.75, 3.05) is 0 Å². The molecule has 4 atom stereocenters. The van der Waals surface area contributed by atoms with E-state index in [1.165, 1.54) is 48.5 Å². The van der Waals surface area contributed by atoms with Crippen molar-refractivity contribution < 1.29 is 34.8 Å². The Bertz CT molecular complexity index is 819. The molecule has 0 radical (unpaired) electrons. The van der Waals surface area contributed by atoms with Crippen molar-refractivity contribution in [2.24, 2.45) is 0 Å². The van der Waals surface area contributed by atoms with Crippen LogP contribution in [-0.4, -0.2) is 61.7 Å². The van der Waals surface area contributed by atoms with E-state index in [9.17, 15) is 34.8 Å². The van der Waals surface area contributed by atoms with E-state index >= 15 is 0 Å². The summed E-state index contributed by atoms with van der Waals surface area (Å²) in [5.74, 6) is -3.18. The Balaban J connectivity index is 2.45. The number of hydrogen-bond donors (Lipinski definition) is 4. The van der Waals surface area contributed by atoms with Crippen LogP contribution in [0.25, 0.3) is 0 Å². The van der Waals surface area contributed by atoms with Crippen molar-refractivity contribution in [3.8, 4) is 0 Å². The maximum absolute atomic E-state index is 12.8. The zero-order valence-corrected chi connectivity index (χ0v) is 14.5. The first-order chi connectivity index (χ1) is 12.7. The van der Waals surface area contributed by atoms with Crippen LogP contribution in [0.5, 0.6) is 0 Å². The number of Topliss-reactive ketones (excluding diaryl/α,β-unsaturated/α-hetero) is 3. The summed E-state index contributed by atoms with van der Waals surface area (Å²) in [7, 11) is 0. The molecule has 0 aliphatic heterocycles. The average molecular weight is 372 g/mol. The van der Waals surface area contributed by atoms with Crippen molar-refractivity contribution in [3.63, 3.8) is 0 Å². The van der Waals surface area contributed by atoms with Gasteiger partial charge in [-0.15, -0.1) is 0 Å². The Morgan fingerprint density at radius 1 is 0.815 bits per heavy atom. The molecule has 4 N–H and O–H groups in total. The highest BCUT2D eigenvalue weighted by Gasteiger charge is 2.55. The largest absolute Gasteiger partial charge is 0.386 e. The van der Waals surface area contributed by atoms with Gasteiger partial charge in [0.15, 0.2) is 29.1 Å². The first-order valence-electron chi connectivity index (χ1n) is 8.17. The van der Waals surface area contributed by atoms with Crippen LogP contribution in [0.4, 0.5) is 0 Å². The summed E-state index contributed by atoms with van der Waals surface area (Å²) < 4.78 is 0. The van der Waals surface area contributed by atoms with Crippen molar-refractivity contribution in [3.05, 3.63) is 71.8 Å². The maximum atomic E-state index is 12.8. The minimum Gasteiger partial charge on any atom is -0.386 e. The van der Waals surface area contributed by atoms with Crippen LogP contribution in [0.3, 0.4) is 0 Å². The molecule has 0 aliphatic carbocycles. The second kappa shape index (κ2) is 8.32. The Hall–Kier alpha value is -2.71. The second-order valence-corrected chi connectivity index (χ2v) is 6.15. The van der Waals surface area contributed by atoms with Crippen LogP contribution in [-0.2, 0) is 4.79 Å². The van der Waals surface area contributed by atoms with Gasteiger partial charge in [0.1, 0.15) is 12.2 Å². The van der Waals surface area contributed by atoms with E-state index in [1.807, 2.05) is 0 Å². The SMILES string of the molecule is CC(=O)C(O)C(O)(C(=O)c1ccccc1)C(O)C(O)C(=O)c1ccccc1. The van der Waals surface area contributed by atoms with E-state index in [4.69, 9.17) is 0 Å². The number of aliphatic hydroxyl groups is 4. The summed E-state index contributed by atoms with van der Waals surface area (Å²) in [6.07, 6.45) is -7.05. The molecule has 27 heavy (non-hydrogen) atoms. The molecule has 0 heterocycles. The van der Waals surface area contributed by atoms with E-state index in [-0.39, 0.29) is 11.1 Å². The van der Waals surface area contributed by atoms with Gasteiger partial charge in [0.25, 0.3) is 0 Å². The fourth-order valence-electron chi connectivity index (χ4n) is 2.71. The number of benzene rings is 2. The van der Waals surface area contributed by atoms with E-state index < -0.39 is 41.3 Å².